The molecule has 0 saturated heterocycles. The highest BCUT2D eigenvalue weighted by atomic mass is 19.3. The summed E-state index contributed by atoms with van der Waals surface area (Å²) in [7, 11) is 1.16. The Hall–Kier alpha value is -2.05. The average Bonchev–Trinajstić information content (AvgIpc) is 3.42. The summed E-state index contributed by atoms with van der Waals surface area (Å²) in [4.78, 5) is 25.1. The van der Waals surface area contributed by atoms with E-state index in [2.05, 4.69) is 4.74 Å². The zero-order valence-corrected chi connectivity index (χ0v) is 13.1. The number of rotatable bonds is 3. The third kappa shape index (κ3) is 1.99. The predicted molar refractivity (Wildman–Crippen MR) is 77.5 cm³/mol. The lowest BCUT2D eigenvalue weighted by Gasteiger charge is -2.34. The first-order valence-corrected chi connectivity index (χ1v) is 7.87. The quantitative estimate of drug-likeness (QED) is 0.796. The zero-order chi connectivity index (χ0) is 17.3. The standard InChI is InChI=1S/C17H16F3NO3/c1-24-12(22)6-21-8-16(7-17(16,19)20)13-11(15(21)23)5-4-10(14(13)18)9-2-3-9/h4-5,9H,2-3,6-8H2,1H3. The first-order chi connectivity index (χ1) is 11.3. The van der Waals surface area contributed by atoms with Gasteiger partial charge in [0.2, 0.25) is 0 Å². The maximum Gasteiger partial charge on any atom is 0.325 e. The van der Waals surface area contributed by atoms with E-state index in [4.69, 9.17) is 0 Å². The molecule has 2 aliphatic carbocycles. The monoisotopic (exact) mass is 339 g/mol. The number of ether oxygens (including phenoxy) is 1. The summed E-state index contributed by atoms with van der Waals surface area (Å²) in [6.07, 6.45) is 1.16. The smallest absolute Gasteiger partial charge is 0.325 e. The molecule has 1 spiro atoms. The Morgan fingerprint density at radius 2 is 2.04 bits per heavy atom. The highest BCUT2D eigenvalue weighted by Crippen LogP contribution is 2.65. The Morgan fingerprint density at radius 1 is 1.38 bits per heavy atom. The van der Waals surface area contributed by atoms with Gasteiger partial charge in [-0.15, -0.1) is 0 Å². The van der Waals surface area contributed by atoms with Crippen molar-refractivity contribution in [3.8, 4) is 0 Å². The highest BCUT2D eigenvalue weighted by Gasteiger charge is 2.75. The number of carbonyl (C=O) groups excluding carboxylic acids is 2. The molecule has 1 atom stereocenters. The first kappa shape index (κ1) is 15.5. The van der Waals surface area contributed by atoms with Gasteiger partial charge in [-0.25, -0.2) is 13.2 Å². The molecule has 0 radical (unpaired) electrons. The van der Waals surface area contributed by atoms with Crippen molar-refractivity contribution >= 4 is 11.9 Å². The zero-order valence-electron chi connectivity index (χ0n) is 13.1. The van der Waals surface area contributed by atoms with Crippen LogP contribution in [0.25, 0.3) is 0 Å². The van der Waals surface area contributed by atoms with Gasteiger partial charge in [-0.2, -0.15) is 0 Å². The number of hydrogen-bond acceptors (Lipinski definition) is 3. The fraction of sp³-hybridized carbons (Fsp3) is 0.529. The van der Waals surface area contributed by atoms with Crippen molar-refractivity contribution in [1.82, 2.24) is 4.90 Å². The number of hydrogen-bond donors (Lipinski definition) is 0. The summed E-state index contributed by atoms with van der Waals surface area (Å²) < 4.78 is 47.8. The largest absolute Gasteiger partial charge is 0.468 e. The Bertz CT molecular complexity index is 760. The van der Waals surface area contributed by atoms with Gasteiger partial charge in [-0.05, 0) is 30.4 Å². The molecule has 1 aromatic rings. The summed E-state index contributed by atoms with van der Waals surface area (Å²) in [5.74, 6) is -4.99. The van der Waals surface area contributed by atoms with E-state index in [1.165, 1.54) is 12.1 Å². The molecule has 1 heterocycles. The second-order valence-electron chi connectivity index (χ2n) is 6.87. The molecular weight excluding hydrogens is 323 g/mol. The van der Waals surface area contributed by atoms with E-state index >= 15 is 0 Å². The lowest BCUT2D eigenvalue weighted by Crippen LogP contribution is -2.48. The number of benzene rings is 1. The maximum absolute atomic E-state index is 15.0. The topological polar surface area (TPSA) is 46.6 Å². The molecule has 1 amide bonds. The van der Waals surface area contributed by atoms with E-state index < -0.39 is 42.0 Å². The lowest BCUT2D eigenvalue weighted by molar-refractivity contribution is -0.141. The summed E-state index contributed by atoms with van der Waals surface area (Å²) in [5.41, 5.74) is -1.53. The summed E-state index contributed by atoms with van der Waals surface area (Å²) >= 11 is 0. The third-order valence-electron chi connectivity index (χ3n) is 5.29. The van der Waals surface area contributed by atoms with E-state index in [9.17, 15) is 22.8 Å². The van der Waals surface area contributed by atoms with Crippen molar-refractivity contribution in [3.05, 3.63) is 34.6 Å². The van der Waals surface area contributed by atoms with E-state index in [0.717, 1.165) is 24.9 Å². The second kappa shape index (κ2) is 4.74. The number of fused-ring (bicyclic) bond motifs is 2. The number of carbonyl (C=O) groups is 2. The number of esters is 1. The molecule has 1 unspecified atom stereocenters. The van der Waals surface area contributed by atoms with Crippen molar-refractivity contribution in [1.29, 1.82) is 0 Å². The van der Waals surface area contributed by atoms with Crippen molar-refractivity contribution in [2.75, 3.05) is 20.2 Å². The minimum absolute atomic E-state index is 0.0583. The molecule has 7 heteroatoms. The molecule has 24 heavy (non-hydrogen) atoms. The van der Waals surface area contributed by atoms with Gasteiger partial charge in [-0.1, -0.05) is 6.07 Å². The fourth-order valence-corrected chi connectivity index (χ4v) is 3.72. The minimum Gasteiger partial charge on any atom is -0.468 e. The molecule has 2 fully saturated rings. The number of alkyl halides is 2. The Kier molecular flexibility index (Phi) is 3.06. The van der Waals surface area contributed by atoms with Crippen molar-refractivity contribution in [2.45, 2.75) is 36.5 Å². The number of amides is 1. The molecule has 4 rings (SSSR count). The van der Waals surface area contributed by atoms with Crippen LogP contribution >= 0.6 is 0 Å². The summed E-state index contributed by atoms with van der Waals surface area (Å²) in [6, 6.07) is 2.94. The Balaban J connectivity index is 1.82. The van der Waals surface area contributed by atoms with Gasteiger partial charge in [0.25, 0.3) is 11.8 Å². The maximum atomic E-state index is 15.0. The van der Waals surface area contributed by atoms with Crippen LogP contribution in [0.2, 0.25) is 0 Å². The van der Waals surface area contributed by atoms with Crippen molar-refractivity contribution in [3.63, 3.8) is 0 Å². The predicted octanol–water partition coefficient (Wildman–Crippen LogP) is 2.61. The van der Waals surface area contributed by atoms with Crippen LogP contribution < -0.4 is 0 Å². The van der Waals surface area contributed by atoms with Crippen molar-refractivity contribution in [2.24, 2.45) is 0 Å². The molecule has 1 aromatic carbocycles. The summed E-state index contributed by atoms with van der Waals surface area (Å²) in [5, 5.41) is 0. The van der Waals surface area contributed by atoms with E-state index in [0.29, 0.717) is 5.56 Å². The van der Waals surface area contributed by atoms with Gasteiger partial charge in [0, 0.05) is 24.1 Å². The molecule has 0 bridgehead atoms. The van der Waals surface area contributed by atoms with Crippen LogP contribution in [0.5, 0.6) is 0 Å². The molecule has 3 aliphatic rings. The molecule has 128 valence electrons. The lowest BCUT2D eigenvalue weighted by atomic mass is 9.83. The van der Waals surface area contributed by atoms with Crippen molar-refractivity contribution < 1.29 is 27.5 Å². The van der Waals surface area contributed by atoms with Gasteiger partial charge in [-0.3, -0.25) is 9.59 Å². The van der Waals surface area contributed by atoms with Gasteiger partial charge >= 0.3 is 5.97 Å². The van der Waals surface area contributed by atoms with Gasteiger partial charge in [0.1, 0.15) is 12.4 Å². The SMILES string of the molecule is COC(=O)CN1CC2(CC2(F)F)c2c(ccc(C3CC3)c2F)C1=O. The normalized spacial score (nSPS) is 27.2. The average molecular weight is 339 g/mol. The molecule has 1 aliphatic heterocycles. The fourth-order valence-electron chi connectivity index (χ4n) is 3.72. The van der Waals surface area contributed by atoms with Crippen LogP contribution in [0.3, 0.4) is 0 Å². The van der Waals surface area contributed by atoms with Crippen LogP contribution in [0, 0.1) is 5.82 Å². The Morgan fingerprint density at radius 3 is 2.58 bits per heavy atom. The Labute approximate surface area is 136 Å². The minimum atomic E-state index is -3.08. The molecule has 4 nitrogen and oxygen atoms in total. The van der Waals surface area contributed by atoms with Crippen LogP contribution in [0.15, 0.2) is 12.1 Å². The third-order valence-corrected chi connectivity index (χ3v) is 5.29. The van der Waals surface area contributed by atoms with Crippen LogP contribution in [0.1, 0.15) is 46.7 Å². The second-order valence-corrected chi connectivity index (χ2v) is 6.87. The van der Waals surface area contributed by atoms with Gasteiger partial charge in [0.15, 0.2) is 0 Å². The molecule has 0 N–H and O–H groups in total. The van der Waals surface area contributed by atoms with E-state index in [1.54, 1.807) is 0 Å². The summed E-state index contributed by atoms with van der Waals surface area (Å²) in [6.45, 7) is -0.787. The molecule has 2 saturated carbocycles. The van der Waals surface area contributed by atoms with E-state index in [1.807, 2.05) is 0 Å². The number of nitrogens with zero attached hydrogens (tertiary/aromatic N) is 1. The van der Waals surface area contributed by atoms with E-state index in [-0.39, 0.29) is 23.6 Å². The van der Waals surface area contributed by atoms with Crippen LogP contribution in [-0.4, -0.2) is 42.9 Å². The van der Waals surface area contributed by atoms with Crippen LogP contribution in [-0.2, 0) is 14.9 Å². The molecule has 0 aromatic heterocycles. The number of methoxy groups -OCH3 is 1. The highest BCUT2D eigenvalue weighted by molar-refractivity contribution is 5.99. The van der Waals surface area contributed by atoms with Gasteiger partial charge < -0.3 is 9.64 Å². The number of halogens is 3. The van der Waals surface area contributed by atoms with Crippen LogP contribution in [0.4, 0.5) is 13.2 Å². The van der Waals surface area contributed by atoms with Gasteiger partial charge in [0.05, 0.1) is 12.5 Å². The molecular formula is C17H16F3NO3. The first-order valence-electron chi connectivity index (χ1n) is 7.87.